The Morgan fingerprint density at radius 3 is 3.00 bits per heavy atom. The lowest BCUT2D eigenvalue weighted by molar-refractivity contribution is 0.475. The summed E-state index contributed by atoms with van der Waals surface area (Å²) >= 11 is 0. The van der Waals surface area contributed by atoms with Crippen LogP contribution in [0.2, 0.25) is 0 Å². The number of hydrogen-bond acceptors (Lipinski definition) is 4. The number of benzene rings is 1. The van der Waals surface area contributed by atoms with Crippen molar-refractivity contribution < 1.29 is 5.11 Å². The molecular weight excluding hydrogens is 204 g/mol. The molecule has 0 saturated carbocycles. The van der Waals surface area contributed by atoms with Crippen LogP contribution in [0, 0.1) is 0 Å². The molecule has 0 amide bonds. The van der Waals surface area contributed by atoms with Crippen LogP contribution in [0.1, 0.15) is 0 Å². The Labute approximate surface area is 91.0 Å². The normalized spacial score (nSPS) is 10.8. The van der Waals surface area contributed by atoms with Crippen molar-refractivity contribution in [3.8, 4) is 11.4 Å². The molecule has 0 atom stereocenters. The smallest absolute Gasteiger partial charge is 0.166 e. The molecule has 2 heterocycles. The molecule has 78 valence electrons. The van der Waals surface area contributed by atoms with Gasteiger partial charge in [-0.15, -0.1) is 0 Å². The molecule has 0 aliphatic carbocycles. The maximum Gasteiger partial charge on any atom is 0.166 e. The van der Waals surface area contributed by atoms with Crippen molar-refractivity contribution >= 4 is 11.0 Å². The van der Waals surface area contributed by atoms with E-state index in [0.717, 1.165) is 16.7 Å². The quantitative estimate of drug-likeness (QED) is 0.664. The number of aromatic hydroxyl groups is 1. The summed E-state index contributed by atoms with van der Waals surface area (Å²) in [4.78, 5) is 8.08. The summed E-state index contributed by atoms with van der Waals surface area (Å²) in [6.45, 7) is 0. The maximum atomic E-state index is 9.41. The van der Waals surface area contributed by atoms with E-state index in [1.54, 1.807) is 35.3 Å². The number of hydrogen-bond donors (Lipinski definition) is 1. The lowest BCUT2D eigenvalue weighted by Crippen LogP contribution is -1.96. The highest BCUT2D eigenvalue weighted by molar-refractivity contribution is 5.74. The highest BCUT2D eigenvalue weighted by atomic mass is 16.3. The molecule has 5 nitrogen and oxygen atoms in total. The molecule has 0 aliphatic heterocycles. The van der Waals surface area contributed by atoms with Crippen molar-refractivity contribution in [2.24, 2.45) is 0 Å². The van der Waals surface area contributed by atoms with Crippen molar-refractivity contribution in [3.63, 3.8) is 0 Å². The van der Waals surface area contributed by atoms with Crippen LogP contribution in [0.3, 0.4) is 0 Å². The van der Waals surface area contributed by atoms with E-state index < -0.39 is 0 Å². The molecule has 0 fully saturated rings. The van der Waals surface area contributed by atoms with Gasteiger partial charge in [-0.25, -0.2) is 14.6 Å². The largest absolute Gasteiger partial charge is 0.508 e. The molecule has 1 N–H and O–H groups in total. The third kappa shape index (κ3) is 1.30. The minimum Gasteiger partial charge on any atom is -0.508 e. The third-order valence-electron chi connectivity index (χ3n) is 2.31. The van der Waals surface area contributed by atoms with E-state index in [1.807, 2.05) is 6.07 Å². The highest BCUT2D eigenvalue weighted by Gasteiger charge is 2.05. The van der Waals surface area contributed by atoms with Gasteiger partial charge < -0.3 is 5.11 Å². The van der Waals surface area contributed by atoms with Gasteiger partial charge >= 0.3 is 0 Å². The van der Waals surface area contributed by atoms with E-state index in [0.29, 0.717) is 0 Å². The third-order valence-corrected chi connectivity index (χ3v) is 2.31. The van der Waals surface area contributed by atoms with E-state index in [9.17, 15) is 5.11 Å². The minimum absolute atomic E-state index is 0.204. The number of aromatic nitrogens is 4. The Morgan fingerprint density at radius 1 is 1.19 bits per heavy atom. The second-order valence-electron chi connectivity index (χ2n) is 3.38. The van der Waals surface area contributed by atoms with Crippen LogP contribution < -0.4 is 0 Å². The van der Waals surface area contributed by atoms with Gasteiger partial charge in [0, 0.05) is 12.3 Å². The lowest BCUT2D eigenvalue weighted by atomic mass is 10.3. The Morgan fingerprint density at radius 2 is 2.12 bits per heavy atom. The van der Waals surface area contributed by atoms with Crippen LogP contribution in [-0.4, -0.2) is 24.9 Å². The predicted octanol–water partition coefficient (Wildman–Crippen LogP) is 1.52. The summed E-state index contributed by atoms with van der Waals surface area (Å²) in [5.74, 6) is 0.204. The summed E-state index contributed by atoms with van der Waals surface area (Å²) in [7, 11) is 0. The van der Waals surface area contributed by atoms with Gasteiger partial charge in [0.25, 0.3) is 0 Å². The number of fused-ring (bicyclic) bond motifs is 1. The number of rotatable bonds is 1. The number of phenols is 1. The molecule has 0 unspecified atom stereocenters. The second kappa shape index (κ2) is 3.30. The van der Waals surface area contributed by atoms with Gasteiger partial charge in [-0.3, -0.25) is 0 Å². The number of nitrogens with zero attached hydrogens (tertiary/aromatic N) is 4. The zero-order valence-corrected chi connectivity index (χ0v) is 8.28. The van der Waals surface area contributed by atoms with Crippen molar-refractivity contribution in [2.75, 3.05) is 0 Å². The van der Waals surface area contributed by atoms with Crippen molar-refractivity contribution in [2.45, 2.75) is 0 Å². The Balaban J connectivity index is 2.26. The SMILES string of the molecule is Oc1cccc(-n2ncc3cncnc32)c1. The van der Waals surface area contributed by atoms with E-state index >= 15 is 0 Å². The first-order valence-electron chi connectivity index (χ1n) is 4.78. The molecule has 16 heavy (non-hydrogen) atoms. The lowest BCUT2D eigenvalue weighted by Gasteiger charge is -2.02. The van der Waals surface area contributed by atoms with Gasteiger partial charge in [-0.2, -0.15) is 5.10 Å². The van der Waals surface area contributed by atoms with Gasteiger partial charge in [0.2, 0.25) is 0 Å². The van der Waals surface area contributed by atoms with E-state index in [-0.39, 0.29) is 5.75 Å². The Bertz CT molecular complexity index is 647. The van der Waals surface area contributed by atoms with E-state index in [2.05, 4.69) is 15.1 Å². The molecule has 0 aliphatic rings. The monoisotopic (exact) mass is 212 g/mol. The van der Waals surface area contributed by atoms with E-state index in [4.69, 9.17) is 0 Å². The molecule has 0 spiro atoms. The highest BCUT2D eigenvalue weighted by Crippen LogP contribution is 2.18. The van der Waals surface area contributed by atoms with Crippen LogP contribution in [0.5, 0.6) is 5.75 Å². The summed E-state index contributed by atoms with van der Waals surface area (Å²) in [5, 5.41) is 14.5. The summed E-state index contributed by atoms with van der Waals surface area (Å²) in [6, 6.07) is 6.87. The molecule has 3 aromatic rings. The van der Waals surface area contributed by atoms with Crippen LogP contribution in [-0.2, 0) is 0 Å². The molecule has 0 saturated heterocycles. The fourth-order valence-electron chi connectivity index (χ4n) is 1.59. The summed E-state index contributed by atoms with van der Waals surface area (Å²) in [5.41, 5.74) is 1.49. The minimum atomic E-state index is 0.204. The molecule has 3 rings (SSSR count). The Kier molecular flexibility index (Phi) is 1.83. The summed E-state index contributed by atoms with van der Waals surface area (Å²) < 4.78 is 1.66. The second-order valence-corrected chi connectivity index (χ2v) is 3.38. The average molecular weight is 212 g/mol. The van der Waals surface area contributed by atoms with Gasteiger partial charge in [-0.1, -0.05) is 6.07 Å². The van der Waals surface area contributed by atoms with Crippen molar-refractivity contribution in [1.29, 1.82) is 0 Å². The Hall–Kier alpha value is -2.43. The van der Waals surface area contributed by atoms with Crippen LogP contribution in [0.25, 0.3) is 16.7 Å². The predicted molar refractivity (Wildman–Crippen MR) is 58.3 cm³/mol. The fourth-order valence-corrected chi connectivity index (χ4v) is 1.59. The summed E-state index contributed by atoms with van der Waals surface area (Å²) in [6.07, 6.45) is 4.87. The average Bonchev–Trinajstić information content (AvgIpc) is 2.72. The zero-order valence-electron chi connectivity index (χ0n) is 8.28. The molecule has 0 radical (unpaired) electrons. The van der Waals surface area contributed by atoms with Crippen LogP contribution >= 0.6 is 0 Å². The standard InChI is InChI=1S/C11H8N4O/c16-10-3-1-2-9(4-10)15-11-8(6-14-15)5-12-7-13-11/h1-7,16H. The van der Waals surface area contributed by atoms with Crippen LogP contribution in [0.15, 0.2) is 43.0 Å². The van der Waals surface area contributed by atoms with Crippen molar-refractivity contribution in [1.82, 2.24) is 19.7 Å². The topological polar surface area (TPSA) is 63.8 Å². The first-order chi connectivity index (χ1) is 7.84. The van der Waals surface area contributed by atoms with Crippen molar-refractivity contribution in [3.05, 3.63) is 43.0 Å². The fraction of sp³-hybridized carbons (Fsp3) is 0. The molecule has 5 heteroatoms. The number of phenolic OH excluding ortho intramolecular Hbond substituents is 1. The van der Waals surface area contributed by atoms with Crippen LogP contribution in [0.4, 0.5) is 0 Å². The van der Waals surface area contributed by atoms with E-state index in [1.165, 1.54) is 6.33 Å². The molecule has 0 bridgehead atoms. The zero-order chi connectivity index (χ0) is 11.0. The first kappa shape index (κ1) is 8.84. The van der Waals surface area contributed by atoms with Gasteiger partial charge in [0.15, 0.2) is 5.65 Å². The molecule has 1 aromatic carbocycles. The molecular formula is C11H8N4O. The maximum absolute atomic E-state index is 9.41. The molecule has 2 aromatic heterocycles. The van der Waals surface area contributed by atoms with Gasteiger partial charge in [-0.05, 0) is 12.1 Å². The first-order valence-corrected chi connectivity index (χ1v) is 4.78. The van der Waals surface area contributed by atoms with Gasteiger partial charge in [0.05, 0.1) is 17.3 Å². The van der Waals surface area contributed by atoms with Gasteiger partial charge in [0.1, 0.15) is 12.1 Å².